The summed E-state index contributed by atoms with van der Waals surface area (Å²) in [6.45, 7) is 2.74. The fraction of sp³-hybridized carbons (Fsp3) is 0.364. The SMILES string of the molecule is CCOc1cccc(/C=N/NCCO)c1O. The van der Waals surface area contributed by atoms with Crippen molar-refractivity contribution in [1.29, 1.82) is 0 Å². The van der Waals surface area contributed by atoms with Crippen LogP contribution in [-0.4, -0.2) is 36.2 Å². The van der Waals surface area contributed by atoms with E-state index in [9.17, 15) is 5.11 Å². The van der Waals surface area contributed by atoms with Crippen LogP contribution in [-0.2, 0) is 0 Å². The van der Waals surface area contributed by atoms with Crippen molar-refractivity contribution in [3.05, 3.63) is 23.8 Å². The third-order valence-corrected chi connectivity index (χ3v) is 1.85. The second kappa shape index (κ2) is 6.68. The number of benzene rings is 1. The first-order valence-corrected chi connectivity index (χ1v) is 5.11. The van der Waals surface area contributed by atoms with Crippen LogP contribution in [0.1, 0.15) is 12.5 Å². The van der Waals surface area contributed by atoms with Gasteiger partial charge in [-0.3, -0.25) is 0 Å². The maximum Gasteiger partial charge on any atom is 0.166 e. The Kier molecular flexibility index (Phi) is 5.15. The number of rotatable bonds is 6. The zero-order valence-electron chi connectivity index (χ0n) is 9.18. The van der Waals surface area contributed by atoms with E-state index in [2.05, 4.69) is 10.5 Å². The average Bonchev–Trinajstić information content (AvgIpc) is 2.29. The van der Waals surface area contributed by atoms with Crippen LogP contribution in [0.5, 0.6) is 11.5 Å². The van der Waals surface area contributed by atoms with Gasteiger partial charge in [0.25, 0.3) is 0 Å². The number of hydrogen-bond acceptors (Lipinski definition) is 5. The first kappa shape index (κ1) is 12.3. The third-order valence-electron chi connectivity index (χ3n) is 1.85. The van der Waals surface area contributed by atoms with Gasteiger partial charge in [0.1, 0.15) is 0 Å². The number of hydrogen-bond donors (Lipinski definition) is 3. The molecule has 1 aromatic carbocycles. The lowest BCUT2D eigenvalue weighted by Crippen LogP contribution is -2.11. The number of aliphatic hydroxyl groups is 1. The van der Waals surface area contributed by atoms with Gasteiger partial charge in [-0.25, -0.2) is 0 Å². The molecule has 0 radical (unpaired) electrons. The Morgan fingerprint density at radius 2 is 2.31 bits per heavy atom. The maximum atomic E-state index is 9.78. The van der Waals surface area contributed by atoms with Crippen molar-refractivity contribution >= 4 is 6.21 Å². The van der Waals surface area contributed by atoms with E-state index in [1.807, 2.05) is 6.92 Å². The fourth-order valence-electron chi connectivity index (χ4n) is 1.15. The number of aliphatic hydroxyl groups excluding tert-OH is 1. The van der Waals surface area contributed by atoms with Gasteiger partial charge in [-0.15, -0.1) is 0 Å². The Morgan fingerprint density at radius 1 is 1.50 bits per heavy atom. The number of phenols is 1. The zero-order chi connectivity index (χ0) is 11.8. The van der Waals surface area contributed by atoms with Crippen molar-refractivity contribution in [1.82, 2.24) is 5.43 Å². The highest BCUT2D eigenvalue weighted by Gasteiger charge is 2.05. The minimum absolute atomic E-state index is 0.0162. The molecule has 5 heteroatoms. The van der Waals surface area contributed by atoms with E-state index in [0.717, 1.165) is 0 Å². The minimum atomic E-state index is 0.0162. The highest BCUT2D eigenvalue weighted by atomic mass is 16.5. The summed E-state index contributed by atoms with van der Waals surface area (Å²) in [4.78, 5) is 0. The van der Waals surface area contributed by atoms with Crippen LogP contribution in [0.2, 0.25) is 0 Å². The standard InChI is InChI=1S/C11H16N2O3/c1-2-16-10-5-3-4-9(11(10)15)8-13-12-6-7-14/h3-5,8,12,14-15H,2,6-7H2,1H3/b13-8+. The molecule has 0 spiro atoms. The van der Waals surface area contributed by atoms with E-state index in [1.165, 1.54) is 6.21 Å². The topological polar surface area (TPSA) is 74.1 Å². The predicted molar refractivity (Wildman–Crippen MR) is 62.0 cm³/mol. The molecule has 0 fully saturated rings. The van der Waals surface area contributed by atoms with Crippen LogP contribution < -0.4 is 10.2 Å². The second-order valence-electron chi connectivity index (χ2n) is 3.02. The maximum absolute atomic E-state index is 9.78. The van der Waals surface area contributed by atoms with Crippen molar-refractivity contribution in [2.24, 2.45) is 5.10 Å². The van der Waals surface area contributed by atoms with Gasteiger partial charge in [-0.2, -0.15) is 5.10 Å². The molecule has 0 atom stereocenters. The predicted octanol–water partition coefficient (Wildman–Crippen LogP) is 0.707. The molecule has 0 aromatic heterocycles. The molecule has 3 N–H and O–H groups in total. The van der Waals surface area contributed by atoms with Gasteiger partial charge < -0.3 is 20.4 Å². The number of ether oxygens (including phenoxy) is 1. The normalized spacial score (nSPS) is 10.6. The van der Waals surface area contributed by atoms with Crippen molar-refractivity contribution < 1.29 is 14.9 Å². The van der Waals surface area contributed by atoms with Gasteiger partial charge in [0.15, 0.2) is 11.5 Å². The van der Waals surface area contributed by atoms with Crippen LogP contribution in [0, 0.1) is 0 Å². The van der Waals surface area contributed by atoms with E-state index < -0.39 is 0 Å². The van der Waals surface area contributed by atoms with Crippen LogP contribution >= 0.6 is 0 Å². The van der Waals surface area contributed by atoms with Gasteiger partial charge in [-0.1, -0.05) is 6.07 Å². The Balaban J connectivity index is 2.72. The van der Waals surface area contributed by atoms with Gasteiger partial charge in [0, 0.05) is 5.56 Å². The summed E-state index contributed by atoms with van der Waals surface area (Å²) in [6.07, 6.45) is 1.48. The molecule has 0 unspecified atom stereocenters. The second-order valence-corrected chi connectivity index (χ2v) is 3.02. The van der Waals surface area contributed by atoms with E-state index in [1.54, 1.807) is 18.2 Å². The fourth-order valence-corrected chi connectivity index (χ4v) is 1.15. The van der Waals surface area contributed by atoms with Crippen LogP contribution in [0.15, 0.2) is 23.3 Å². The molecule has 0 heterocycles. The molecule has 0 aliphatic rings. The molecule has 1 aromatic rings. The Morgan fingerprint density at radius 3 is 3.00 bits per heavy atom. The first-order chi connectivity index (χ1) is 7.79. The minimum Gasteiger partial charge on any atom is -0.504 e. The van der Waals surface area contributed by atoms with E-state index >= 15 is 0 Å². The first-order valence-electron chi connectivity index (χ1n) is 5.11. The van der Waals surface area contributed by atoms with Gasteiger partial charge >= 0.3 is 0 Å². The summed E-state index contributed by atoms with van der Waals surface area (Å²) in [5.41, 5.74) is 3.20. The molecule has 5 nitrogen and oxygen atoms in total. The third kappa shape index (κ3) is 3.43. The number of nitrogens with zero attached hydrogens (tertiary/aromatic N) is 1. The molecular formula is C11H16N2O3. The van der Waals surface area contributed by atoms with Gasteiger partial charge in [0.05, 0.1) is 26.0 Å². The molecule has 0 saturated heterocycles. The van der Waals surface area contributed by atoms with E-state index in [4.69, 9.17) is 9.84 Å². The van der Waals surface area contributed by atoms with Gasteiger partial charge in [0.2, 0.25) is 0 Å². The molecule has 0 aliphatic heterocycles. The van der Waals surface area contributed by atoms with Crippen molar-refractivity contribution in [3.63, 3.8) is 0 Å². The lowest BCUT2D eigenvalue weighted by molar-refractivity contribution is 0.293. The molecule has 88 valence electrons. The summed E-state index contributed by atoms with van der Waals surface area (Å²) in [7, 11) is 0. The zero-order valence-corrected chi connectivity index (χ0v) is 9.18. The van der Waals surface area contributed by atoms with Crippen molar-refractivity contribution in [3.8, 4) is 11.5 Å². The summed E-state index contributed by atoms with van der Waals surface area (Å²) < 4.78 is 5.23. The molecule has 0 aliphatic carbocycles. The van der Waals surface area contributed by atoms with E-state index in [-0.39, 0.29) is 12.4 Å². The summed E-state index contributed by atoms with van der Waals surface area (Å²) in [5.74, 6) is 0.507. The van der Waals surface area contributed by atoms with E-state index in [0.29, 0.717) is 24.5 Å². The Bertz CT molecular complexity index is 353. The van der Waals surface area contributed by atoms with Crippen LogP contribution in [0.25, 0.3) is 0 Å². The quantitative estimate of drug-likeness (QED) is 0.378. The number of para-hydroxylation sites is 1. The summed E-state index contributed by atoms with van der Waals surface area (Å²) >= 11 is 0. The number of aromatic hydroxyl groups is 1. The number of nitrogens with one attached hydrogen (secondary N) is 1. The van der Waals surface area contributed by atoms with Crippen LogP contribution in [0.4, 0.5) is 0 Å². The van der Waals surface area contributed by atoms with Crippen LogP contribution in [0.3, 0.4) is 0 Å². The largest absolute Gasteiger partial charge is 0.504 e. The summed E-state index contributed by atoms with van der Waals surface area (Å²) in [6, 6.07) is 5.19. The molecule has 0 bridgehead atoms. The molecular weight excluding hydrogens is 208 g/mol. The smallest absolute Gasteiger partial charge is 0.166 e. The highest BCUT2D eigenvalue weighted by Crippen LogP contribution is 2.28. The highest BCUT2D eigenvalue weighted by molar-refractivity contribution is 5.84. The lowest BCUT2D eigenvalue weighted by Gasteiger charge is -2.07. The number of hydrazone groups is 1. The number of phenolic OH excluding ortho intramolecular Hbond substituents is 1. The molecule has 0 amide bonds. The monoisotopic (exact) mass is 224 g/mol. The average molecular weight is 224 g/mol. The van der Waals surface area contributed by atoms with Gasteiger partial charge in [-0.05, 0) is 19.1 Å². The summed E-state index contributed by atoms with van der Waals surface area (Å²) in [5, 5.41) is 22.2. The molecule has 16 heavy (non-hydrogen) atoms. The Hall–Kier alpha value is -1.75. The van der Waals surface area contributed by atoms with Crippen molar-refractivity contribution in [2.75, 3.05) is 19.8 Å². The lowest BCUT2D eigenvalue weighted by atomic mass is 10.2. The molecule has 1 rings (SSSR count). The Labute approximate surface area is 94.4 Å². The molecule has 0 saturated carbocycles. The van der Waals surface area contributed by atoms with Crippen molar-refractivity contribution in [2.45, 2.75) is 6.92 Å².